The fraction of sp³-hybridized carbons (Fsp3) is 0.211. The number of anilines is 1. The predicted molar refractivity (Wildman–Crippen MR) is 101 cm³/mol. The first-order valence-corrected chi connectivity index (χ1v) is 9.13. The van der Waals surface area contributed by atoms with Gasteiger partial charge < -0.3 is 9.88 Å². The molecule has 0 aliphatic rings. The Bertz CT molecular complexity index is 911. The highest BCUT2D eigenvalue weighted by Gasteiger charge is 2.13. The Morgan fingerprint density at radius 3 is 2.69 bits per heavy atom. The second-order valence-electron chi connectivity index (χ2n) is 5.87. The summed E-state index contributed by atoms with van der Waals surface area (Å²) >= 11 is 1.30. The van der Waals surface area contributed by atoms with Gasteiger partial charge in [-0.3, -0.25) is 4.79 Å². The number of nitrogens with zero attached hydrogens (tertiary/aromatic N) is 3. The molecule has 1 heterocycles. The van der Waals surface area contributed by atoms with Gasteiger partial charge in [0.1, 0.15) is 11.6 Å². The van der Waals surface area contributed by atoms with Crippen molar-refractivity contribution in [1.82, 2.24) is 14.8 Å². The number of carbonyl (C=O) groups is 1. The normalized spacial score (nSPS) is 10.7. The van der Waals surface area contributed by atoms with Crippen LogP contribution >= 0.6 is 11.8 Å². The Hall–Kier alpha value is -2.67. The van der Waals surface area contributed by atoms with Crippen LogP contribution in [0, 0.1) is 12.7 Å². The van der Waals surface area contributed by atoms with Crippen molar-refractivity contribution in [2.75, 3.05) is 11.1 Å². The van der Waals surface area contributed by atoms with Crippen molar-refractivity contribution in [2.24, 2.45) is 7.05 Å². The fourth-order valence-corrected chi connectivity index (χ4v) is 3.19. The average Bonchev–Trinajstić information content (AvgIpc) is 2.98. The molecule has 0 fully saturated rings. The van der Waals surface area contributed by atoms with E-state index in [0.717, 1.165) is 11.4 Å². The van der Waals surface area contributed by atoms with Crippen LogP contribution in [-0.2, 0) is 18.3 Å². The van der Waals surface area contributed by atoms with Crippen LogP contribution in [0.5, 0.6) is 0 Å². The maximum atomic E-state index is 13.5. The molecule has 0 radical (unpaired) electrons. The summed E-state index contributed by atoms with van der Waals surface area (Å²) in [6.45, 7) is 1.64. The predicted octanol–water partition coefficient (Wildman–Crippen LogP) is 3.58. The average molecular weight is 370 g/mol. The zero-order valence-corrected chi connectivity index (χ0v) is 15.4. The summed E-state index contributed by atoms with van der Waals surface area (Å²) in [6.07, 6.45) is 0.680. The quantitative estimate of drug-likeness (QED) is 0.674. The zero-order chi connectivity index (χ0) is 18.5. The monoisotopic (exact) mass is 370 g/mol. The van der Waals surface area contributed by atoms with Gasteiger partial charge in [0, 0.05) is 24.7 Å². The van der Waals surface area contributed by atoms with Crippen LogP contribution in [0.2, 0.25) is 0 Å². The molecule has 3 aromatic rings. The van der Waals surface area contributed by atoms with Gasteiger partial charge >= 0.3 is 0 Å². The minimum atomic E-state index is -0.339. The van der Waals surface area contributed by atoms with Gasteiger partial charge in [-0.15, -0.1) is 10.2 Å². The van der Waals surface area contributed by atoms with Crippen LogP contribution < -0.4 is 5.32 Å². The third kappa shape index (κ3) is 4.29. The van der Waals surface area contributed by atoms with E-state index in [1.807, 2.05) is 41.9 Å². The number of nitrogens with one attached hydrogen (secondary N) is 1. The summed E-state index contributed by atoms with van der Waals surface area (Å²) in [4.78, 5) is 12.1. The van der Waals surface area contributed by atoms with E-state index in [9.17, 15) is 9.18 Å². The van der Waals surface area contributed by atoms with Crippen LogP contribution in [0.1, 0.15) is 17.0 Å². The number of thioether (sulfide) groups is 1. The minimum Gasteiger partial charge on any atom is -0.325 e. The van der Waals surface area contributed by atoms with Gasteiger partial charge in [-0.05, 0) is 24.6 Å². The van der Waals surface area contributed by atoms with Gasteiger partial charge in [0.25, 0.3) is 0 Å². The molecule has 1 N–H and O–H groups in total. The highest BCUT2D eigenvalue weighted by atomic mass is 32.2. The van der Waals surface area contributed by atoms with Crippen molar-refractivity contribution in [2.45, 2.75) is 18.5 Å². The topological polar surface area (TPSA) is 59.8 Å². The maximum absolute atomic E-state index is 13.5. The van der Waals surface area contributed by atoms with E-state index in [0.29, 0.717) is 22.8 Å². The summed E-state index contributed by atoms with van der Waals surface area (Å²) < 4.78 is 15.4. The lowest BCUT2D eigenvalue weighted by Gasteiger charge is -2.08. The fourth-order valence-electron chi connectivity index (χ4n) is 2.46. The van der Waals surface area contributed by atoms with Crippen LogP contribution in [-0.4, -0.2) is 26.4 Å². The lowest BCUT2D eigenvalue weighted by atomic mass is 10.1. The Kier molecular flexibility index (Phi) is 5.68. The molecule has 0 unspecified atom stereocenters. The van der Waals surface area contributed by atoms with E-state index in [2.05, 4.69) is 15.5 Å². The third-order valence-electron chi connectivity index (χ3n) is 4.00. The molecule has 134 valence electrons. The molecule has 2 aromatic carbocycles. The lowest BCUT2D eigenvalue weighted by molar-refractivity contribution is -0.113. The van der Waals surface area contributed by atoms with Gasteiger partial charge in [0.2, 0.25) is 5.91 Å². The molecule has 0 bridgehead atoms. The Balaban J connectivity index is 1.59. The molecule has 7 heteroatoms. The van der Waals surface area contributed by atoms with E-state index >= 15 is 0 Å². The number of benzene rings is 2. The van der Waals surface area contributed by atoms with Crippen LogP contribution in [0.15, 0.2) is 53.7 Å². The standard InChI is InChI=1S/C19H19FN4OS/c1-13-15(20)9-6-10-16(13)21-18(25)12-26-19-23-22-17(24(19)2)11-14-7-4-3-5-8-14/h3-10H,11-12H2,1-2H3,(H,21,25). The van der Waals surface area contributed by atoms with E-state index in [1.54, 1.807) is 19.1 Å². The number of carbonyl (C=O) groups excluding carboxylic acids is 1. The first-order chi connectivity index (χ1) is 12.5. The summed E-state index contributed by atoms with van der Waals surface area (Å²) in [7, 11) is 1.88. The van der Waals surface area contributed by atoms with Gasteiger partial charge in [-0.2, -0.15) is 0 Å². The molecule has 0 aliphatic carbocycles. The smallest absolute Gasteiger partial charge is 0.234 e. The van der Waals surface area contributed by atoms with Crippen LogP contribution in [0.3, 0.4) is 0 Å². The Labute approximate surface area is 155 Å². The van der Waals surface area contributed by atoms with E-state index < -0.39 is 0 Å². The highest BCUT2D eigenvalue weighted by molar-refractivity contribution is 7.99. The second kappa shape index (κ2) is 8.14. The summed E-state index contributed by atoms with van der Waals surface area (Å²) in [5, 5.41) is 11.8. The molecule has 5 nitrogen and oxygen atoms in total. The molecule has 0 saturated heterocycles. The van der Waals surface area contributed by atoms with E-state index in [4.69, 9.17) is 0 Å². The molecule has 0 spiro atoms. The molecular formula is C19H19FN4OS. The van der Waals surface area contributed by atoms with Crippen molar-refractivity contribution in [3.63, 3.8) is 0 Å². The molecule has 1 amide bonds. The van der Waals surface area contributed by atoms with Crippen LogP contribution in [0.25, 0.3) is 0 Å². The Morgan fingerprint density at radius 2 is 1.92 bits per heavy atom. The molecule has 0 saturated carbocycles. The number of amides is 1. The summed E-state index contributed by atoms with van der Waals surface area (Å²) in [5.74, 6) is 0.457. The molecule has 0 aliphatic heterocycles. The second-order valence-corrected chi connectivity index (χ2v) is 6.81. The SMILES string of the molecule is Cc1c(F)cccc1NC(=O)CSc1nnc(Cc2ccccc2)n1C. The van der Waals surface area contributed by atoms with Gasteiger partial charge in [0.15, 0.2) is 5.16 Å². The number of hydrogen-bond acceptors (Lipinski definition) is 4. The van der Waals surface area contributed by atoms with Gasteiger partial charge in [-0.25, -0.2) is 4.39 Å². The van der Waals surface area contributed by atoms with Crippen LogP contribution in [0.4, 0.5) is 10.1 Å². The minimum absolute atomic E-state index is 0.174. The third-order valence-corrected chi connectivity index (χ3v) is 5.02. The molecule has 3 rings (SSSR count). The zero-order valence-electron chi connectivity index (χ0n) is 14.6. The maximum Gasteiger partial charge on any atom is 0.234 e. The number of aromatic nitrogens is 3. The number of hydrogen-bond donors (Lipinski definition) is 1. The van der Waals surface area contributed by atoms with Crippen molar-refractivity contribution in [3.8, 4) is 0 Å². The number of rotatable bonds is 6. The highest BCUT2D eigenvalue weighted by Crippen LogP contribution is 2.20. The van der Waals surface area contributed by atoms with Gasteiger partial charge in [-0.1, -0.05) is 48.2 Å². The molecule has 1 aromatic heterocycles. The summed E-state index contributed by atoms with van der Waals surface area (Å²) in [6, 6.07) is 14.6. The Morgan fingerprint density at radius 1 is 1.15 bits per heavy atom. The van der Waals surface area contributed by atoms with Crippen molar-refractivity contribution < 1.29 is 9.18 Å². The van der Waals surface area contributed by atoms with E-state index in [-0.39, 0.29) is 17.5 Å². The molecule has 0 atom stereocenters. The lowest BCUT2D eigenvalue weighted by Crippen LogP contribution is -2.15. The van der Waals surface area contributed by atoms with E-state index in [1.165, 1.54) is 17.8 Å². The first kappa shape index (κ1) is 18.1. The summed E-state index contributed by atoms with van der Waals surface area (Å²) in [5.41, 5.74) is 2.06. The molecular weight excluding hydrogens is 351 g/mol. The number of halogens is 1. The van der Waals surface area contributed by atoms with Crippen molar-refractivity contribution in [3.05, 3.63) is 71.3 Å². The largest absolute Gasteiger partial charge is 0.325 e. The van der Waals surface area contributed by atoms with Crippen molar-refractivity contribution in [1.29, 1.82) is 0 Å². The van der Waals surface area contributed by atoms with Gasteiger partial charge in [0.05, 0.1) is 5.75 Å². The van der Waals surface area contributed by atoms with Crippen molar-refractivity contribution >= 4 is 23.4 Å². The first-order valence-electron chi connectivity index (χ1n) is 8.14. The molecule has 26 heavy (non-hydrogen) atoms.